The number of pyridine rings is 1. The number of nitrogens with zero attached hydrogens (tertiary/aromatic N) is 4. The lowest BCUT2D eigenvalue weighted by molar-refractivity contribution is -0.116. The number of anilines is 1. The average Bonchev–Trinajstić information content (AvgIpc) is 3.17. The maximum absolute atomic E-state index is 13.1. The molecule has 1 N–H and O–H groups in total. The molecule has 4 rings (SSSR count). The molecule has 0 aliphatic heterocycles. The Kier molecular flexibility index (Phi) is 5.61. The molecule has 0 spiro atoms. The summed E-state index contributed by atoms with van der Waals surface area (Å²) in [5, 5.41) is 3.35. The van der Waals surface area contributed by atoms with Crippen LogP contribution < -0.4 is 10.9 Å². The molecule has 9 heteroatoms. The van der Waals surface area contributed by atoms with Crippen LogP contribution in [-0.4, -0.2) is 24.8 Å². The van der Waals surface area contributed by atoms with E-state index in [0.717, 1.165) is 17.1 Å². The minimum atomic E-state index is -0.326. The molecule has 3 aromatic heterocycles. The fraction of sp³-hybridized carbons (Fsp3) is 0.190. The number of aromatic nitrogens is 4. The van der Waals surface area contributed by atoms with Crippen LogP contribution in [-0.2, 0) is 17.8 Å². The molecule has 0 radical (unpaired) electrons. The number of fused-ring (bicyclic) bond motifs is 1. The molecule has 0 saturated heterocycles. The van der Waals surface area contributed by atoms with Gasteiger partial charge in [-0.05, 0) is 48.3 Å². The molecular weight excluding hydrogens is 422 g/mol. The summed E-state index contributed by atoms with van der Waals surface area (Å²) in [4.78, 5) is 34.8. The lowest BCUT2D eigenvalue weighted by Gasteiger charge is -2.13. The van der Waals surface area contributed by atoms with E-state index in [2.05, 4.69) is 19.7 Å². The van der Waals surface area contributed by atoms with Gasteiger partial charge in [0.1, 0.15) is 28.3 Å². The SMILES string of the molecule is CCc1nc2c(-c3ccccn3)nsc2c(=O)n1CC(=O)Nc1cc(Cl)ccc1C. The Morgan fingerprint density at radius 2 is 2.10 bits per heavy atom. The molecule has 0 aliphatic rings. The van der Waals surface area contributed by atoms with Crippen molar-refractivity contribution in [2.75, 3.05) is 5.32 Å². The van der Waals surface area contributed by atoms with Gasteiger partial charge in [0.15, 0.2) is 0 Å². The van der Waals surface area contributed by atoms with E-state index in [0.29, 0.717) is 44.6 Å². The van der Waals surface area contributed by atoms with Crippen LogP contribution in [0.5, 0.6) is 0 Å². The van der Waals surface area contributed by atoms with E-state index < -0.39 is 0 Å². The van der Waals surface area contributed by atoms with Crippen LogP contribution in [0.2, 0.25) is 5.02 Å². The minimum Gasteiger partial charge on any atom is -0.324 e. The Bertz CT molecular complexity index is 1300. The van der Waals surface area contributed by atoms with E-state index in [1.165, 1.54) is 4.57 Å². The molecule has 0 saturated carbocycles. The second-order valence-electron chi connectivity index (χ2n) is 6.70. The second kappa shape index (κ2) is 8.33. The number of amides is 1. The molecule has 3 heterocycles. The van der Waals surface area contributed by atoms with Gasteiger partial charge in [0.25, 0.3) is 5.56 Å². The maximum Gasteiger partial charge on any atom is 0.273 e. The number of aryl methyl sites for hydroxylation is 2. The van der Waals surface area contributed by atoms with Crippen LogP contribution in [0.4, 0.5) is 5.69 Å². The third-order valence-corrected chi connectivity index (χ3v) is 5.72. The van der Waals surface area contributed by atoms with E-state index in [-0.39, 0.29) is 18.0 Å². The Morgan fingerprint density at radius 3 is 2.83 bits per heavy atom. The van der Waals surface area contributed by atoms with Gasteiger partial charge >= 0.3 is 0 Å². The monoisotopic (exact) mass is 439 g/mol. The van der Waals surface area contributed by atoms with Crippen LogP contribution in [0.3, 0.4) is 0 Å². The first kappa shape index (κ1) is 20.2. The lowest BCUT2D eigenvalue weighted by Crippen LogP contribution is -2.30. The summed E-state index contributed by atoms with van der Waals surface area (Å²) in [6.07, 6.45) is 2.16. The van der Waals surface area contributed by atoms with Gasteiger partial charge in [-0.15, -0.1) is 0 Å². The first-order valence-corrected chi connectivity index (χ1v) is 10.5. The Morgan fingerprint density at radius 1 is 1.27 bits per heavy atom. The van der Waals surface area contributed by atoms with Crippen LogP contribution in [0.1, 0.15) is 18.3 Å². The number of hydrogen-bond acceptors (Lipinski definition) is 6. The summed E-state index contributed by atoms with van der Waals surface area (Å²) in [5.41, 5.74) is 2.96. The molecule has 30 heavy (non-hydrogen) atoms. The Labute approximate surface area is 181 Å². The third kappa shape index (κ3) is 3.83. The van der Waals surface area contributed by atoms with E-state index in [9.17, 15) is 9.59 Å². The zero-order valence-corrected chi connectivity index (χ0v) is 17.9. The highest BCUT2D eigenvalue weighted by molar-refractivity contribution is 7.13. The molecule has 0 fully saturated rings. The van der Waals surface area contributed by atoms with Crippen molar-refractivity contribution in [3.63, 3.8) is 0 Å². The first-order chi connectivity index (χ1) is 14.5. The molecule has 7 nitrogen and oxygen atoms in total. The smallest absolute Gasteiger partial charge is 0.273 e. The minimum absolute atomic E-state index is 0.145. The predicted molar refractivity (Wildman–Crippen MR) is 119 cm³/mol. The Hall–Kier alpha value is -3.10. The number of benzene rings is 1. The van der Waals surface area contributed by atoms with E-state index in [4.69, 9.17) is 11.6 Å². The number of rotatable bonds is 5. The summed E-state index contributed by atoms with van der Waals surface area (Å²) < 4.78 is 6.20. The fourth-order valence-corrected chi connectivity index (χ4v) is 4.08. The van der Waals surface area contributed by atoms with Crippen molar-refractivity contribution in [1.82, 2.24) is 18.9 Å². The lowest BCUT2D eigenvalue weighted by atomic mass is 10.2. The topological polar surface area (TPSA) is 89.8 Å². The highest BCUT2D eigenvalue weighted by atomic mass is 35.5. The summed E-state index contributed by atoms with van der Waals surface area (Å²) in [7, 11) is 0. The van der Waals surface area contributed by atoms with Crippen molar-refractivity contribution in [3.8, 4) is 11.4 Å². The molecular formula is C21H18ClN5O2S. The predicted octanol–water partition coefficient (Wildman–Crippen LogP) is 4.08. The van der Waals surface area contributed by atoms with Crippen LogP contribution in [0.25, 0.3) is 21.6 Å². The highest BCUT2D eigenvalue weighted by Gasteiger charge is 2.19. The molecule has 152 valence electrons. The Balaban J connectivity index is 1.71. The van der Waals surface area contributed by atoms with Crippen LogP contribution in [0, 0.1) is 6.92 Å². The number of halogens is 1. The van der Waals surface area contributed by atoms with Crippen molar-refractivity contribution >= 4 is 44.9 Å². The fourth-order valence-electron chi connectivity index (χ4n) is 3.12. The zero-order valence-electron chi connectivity index (χ0n) is 16.3. The third-order valence-electron chi connectivity index (χ3n) is 4.66. The molecule has 0 unspecified atom stereocenters. The quantitative estimate of drug-likeness (QED) is 0.506. The summed E-state index contributed by atoms with van der Waals surface area (Å²) in [5.74, 6) is 0.190. The first-order valence-electron chi connectivity index (χ1n) is 9.34. The van der Waals surface area contributed by atoms with Gasteiger partial charge in [-0.25, -0.2) is 4.98 Å². The highest BCUT2D eigenvalue weighted by Crippen LogP contribution is 2.26. The van der Waals surface area contributed by atoms with Crippen molar-refractivity contribution in [2.45, 2.75) is 26.8 Å². The molecule has 1 amide bonds. The summed E-state index contributed by atoms with van der Waals surface area (Å²) >= 11 is 7.09. The van der Waals surface area contributed by atoms with E-state index in [1.54, 1.807) is 18.3 Å². The molecule has 1 aromatic carbocycles. The molecule has 4 aromatic rings. The summed E-state index contributed by atoms with van der Waals surface area (Å²) in [6.45, 7) is 3.62. The van der Waals surface area contributed by atoms with Crippen molar-refractivity contribution in [1.29, 1.82) is 0 Å². The van der Waals surface area contributed by atoms with E-state index in [1.807, 2.05) is 38.1 Å². The average molecular weight is 440 g/mol. The molecule has 0 bridgehead atoms. The second-order valence-corrected chi connectivity index (χ2v) is 7.91. The molecule has 0 aliphatic carbocycles. The van der Waals surface area contributed by atoms with Crippen molar-refractivity contribution in [2.24, 2.45) is 0 Å². The van der Waals surface area contributed by atoms with Gasteiger partial charge in [-0.2, -0.15) is 4.37 Å². The van der Waals surface area contributed by atoms with Gasteiger partial charge in [-0.1, -0.05) is 30.7 Å². The zero-order chi connectivity index (χ0) is 21.3. The number of carbonyl (C=O) groups excluding carboxylic acids is 1. The van der Waals surface area contributed by atoms with Gasteiger partial charge < -0.3 is 5.32 Å². The number of nitrogens with one attached hydrogen (secondary N) is 1. The van der Waals surface area contributed by atoms with Crippen molar-refractivity contribution < 1.29 is 4.79 Å². The van der Waals surface area contributed by atoms with Gasteiger partial charge in [0.2, 0.25) is 5.91 Å². The molecule has 0 atom stereocenters. The maximum atomic E-state index is 13.1. The normalized spacial score (nSPS) is 11.0. The van der Waals surface area contributed by atoms with Gasteiger partial charge in [0, 0.05) is 23.3 Å². The summed E-state index contributed by atoms with van der Waals surface area (Å²) in [6, 6.07) is 10.8. The number of hydrogen-bond donors (Lipinski definition) is 1. The van der Waals surface area contributed by atoms with Crippen molar-refractivity contribution in [3.05, 3.63) is 69.4 Å². The van der Waals surface area contributed by atoms with Crippen LogP contribution >= 0.6 is 23.1 Å². The van der Waals surface area contributed by atoms with Crippen LogP contribution in [0.15, 0.2) is 47.4 Å². The van der Waals surface area contributed by atoms with Gasteiger partial charge in [-0.3, -0.25) is 19.1 Å². The largest absolute Gasteiger partial charge is 0.324 e. The standard InChI is InChI=1S/C21H18ClN5O2S/c1-3-16-25-19-18(14-6-4-5-9-23-14)26-30-20(19)21(29)27(16)11-17(28)24-15-10-13(22)8-7-12(15)2/h4-10H,3,11H2,1-2H3,(H,24,28). The van der Waals surface area contributed by atoms with Gasteiger partial charge in [0.05, 0.1) is 5.69 Å². The van der Waals surface area contributed by atoms with E-state index >= 15 is 0 Å². The number of carbonyl (C=O) groups is 1.